The lowest BCUT2D eigenvalue weighted by atomic mass is 10.1. The largest absolute Gasteiger partial charge is 0.497 e. The predicted molar refractivity (Wildman–Crippen MR) is 85.2 cm³/mol. The Labute approximate surface area is 123 Å². The van der Waals surface area contributed by atoms with E-state index in [1.54, 1.807) is 13.3 Å². The van der Waals surface area contributed by atoms with Crippen molar-refractivity contribution in [1.82, 2.24) is 9.97 Å². The molecule has 0 aliphatic carbocycles. The fourth-order valence-corrected chi connectivity index (χ4v) is 1.36. The van der Waals surface area contributed by atoms with Gasteiger partial charge in [0, 0.05) is 29.8 Å². The Hall–Kier alpha value is -1.90. The molecule has 0 aliphatic rings. The van der Waals surface area contributed by atoms with Crippen LogP contribution in [0.2, 0.25) is 0 Å². The van der Waals surface area contributed by atoms with Crippen molar-refractivity contribution in [2.45, 2.75) is 40.5 Å². The molecule has 2 heterocycles. The van der Waals surface area contributed by atoms with Crippen molar-refractivity contribution in [2.75, 3.05) is 7.11 Å². The van der Waals surface area contributed by atoms with Crippen LogP contribution in [0.5, 0.6) is 5.75 Å². The summed E-state index contributed by atoms with van der Waals surface area (Å²) in [5, 5.41) is 0. The molecule has 110 valence electrons. The van der Waals surface area contributed by atoms with Gasteiger partial charge < -0.3 is 4.74 Å². The van der Waals surface area contributed by atoms with Crippen LogP contribution in [0.1, 0.15) is 45.0 Å². The lowest BCUT2D eigenvalue weighted by molar-refractivity contribution is 0.414. The van der Waals surface area contributed by atoms with Gasteiger partial charge in [-0.05, 0) is 31.0 Å². The minimum absolute atomic E-state index is 0.547. The molecule has 0 saturated heterocycles. The second-order valence-electron chi connectivity index (χ2n) is 4.25. The smallest absolute Gasteiger partial charge is 0.122 e. The minimum atomic E-state index is 0.547. The zero-order valence-electron chi connectivity index (χ0n) is 13.4. The third-order valence-corrected chi connectivity index (χ3v) is 2.38. The van der Waals surface area contributed by atoms with Gasteiger partial charge in [-0.15, -0.1) is 0 Å². The summed E-state index contributed by atoms with van der Waals surface area (Å²) >= 11 is 0. The van der Waals surface area contributed by atoms with Gasteiger partial charge in [-0.3, -0.25) is 9.97 Å². The molecule has 2 aromatic heterocycles. The van der Waals surface area contributed by atoms with Crippen molar-refractivity contribution in [3.05, 3.63) is 54.1 Å². The molecule has 0 atom stereocenters. The molecule has 0 spiro atoms. The molecule has 0 aromatic carbocycles. The van der Waals surface area contributed by atoms with Gasteiger partial charge in [0.05, 0.1) is 7.11 Å². The van der Waals surface area contributed by atoms with Crippen LogP contribution < -0.4 is 4.74 Å². The van der Waals surface area contributed by atoms with Gasteiger partial charge in [-0.1, -0.05) is 33.8 Å². The van der Waals surface area contributed by atoms with Crippen molar-refractivity contribution in [1.29, 1.82) is 0 Å². The third-order valence-electron chi connectivity index (χ3n) is 2.38. The Balaban J connectivity index is 0.000000321. The second kappa shape index (κ2) is 11.0. The molecule has 20 heavy (non-hydrogen) atoms. The molecular formula is C17H26N2O. The highest BCUT2D eigenvalue weighted by Crippen LogP contribution is 2.08. The summed E-state index contributed by atoms with van der Waals surface area (Å²) in [5.74, 6) is 1.41. The molecular weight excluding hydrogens is 248 g/mol. The normalized spacial score (nSPS) is 8.95. The van der Waals surface area contributed by atoms with Crippen LogP contribution in [0, 0.1) is 6.92 Å². The Bertz CT molecular complexity index is 456. The van der Waals surface area contributed by atoms with Crippen molar-refractivity contribution < 1.29 is 4.74 Å². The number of aryl methyl sites for hydroxylation is 1. The van der Waals surface area contributed by atoms with Gasteiger partial charge in [-0.25, -0.2) is 0 Å². The molecule has 0 fully saturated rings. The van der Waals surface area contributed by atoms with E-state index in [4.69, 9.17) is 4.74 Å². The lowest BCUT2D eigenvalue weighted by Gasteiger charge is -2.00. The van der Waals surface area contributed by atoms with Crippen molar-refractivity contribution in [3.8, 4) is 5.75 Å². The summed E-state index contributed by atoms with van der Waals surface area (Å²) in [6, 6.07) is 9.71. The minimum Gasteiger partial charge on any atom is -0.497 e. The van der Waals surface area contributed by atoms with Gasteiger partial charge in [0.25, 0.3) is 0 Å². The fraction of sp³-hybridized carbons (Fsp3) is 0.412. The van der Waals surface area contributed by atoms with E-state index in [2.05, 4.69) is 23.8 Å². The van der Waals surface area contributed by atoms with E-state index in [1.807, 2.05) is 57.3 Å². The quantitative estimate of drug-likeness (QED) is 0.801. The number of ether oxygens (including phenoxy) is 1. The first-order valence-corrected chi connectivity index (χ1v) is 7.01. The molecule has 0 unspecified atom stereocenters. The SMILES string of the molecule is CC.CC(C)c1ccccn1.COc1ccnc(C)c1. The summed E-state index contributed by atoms with van der Waals surface area (Å²) in [7, 11) is 1.65. The second-order valence-corrected chi connectivity index (χ2v) is 4.25. The summed E-state index contributed by atoms with van der Waals surface area (Å²) in [6.07, 6.45) is 3.56. The summed E-state index contributed by atoms with van der Waals surface area (Å²) in [6.45, 7) is 10.2. The predicted octanol–water partition coefficient (Wildman–Crippen LogP) is 4.63. The van der Waals surface area contributed by atoms with Crippen molar-refractivity contribution >= 4 is 0 Å². The fourth-order valence-electron chi connectivity index (χ4n) is 1.36. The maximum absolute atomic E-state index is 4.96. The highest BCUT2D eigenvalue weighted by molar-refractivity contribution is 5.21. The molecule has 2 rings (SSSR count). The van der Waals surface area contributed by atoms with E-state index >= 15 is 0 Å². The van der Waals surface area contributed by atoms with Gasteiger partial charge in [0.1, 0.15) is 5.75 Å². The molecule has 0 radical (unpaired) electrons. The first kappa shape index (κ1) is 18.1. The van der Waals surface area contributed by atoms with E-state index in [1.165, 1.54) is 0 Å². The molecule has 0 saturated carbocycles. The maximum Gasteiger partial charge on any atom is 0.122 e. The van der Waals surface area contributed by atoms with Crippen LogP contribution in [-0.2, 0) is 0 Å². The molecule has 3 heteroatoms. The average Bonchev–Trinajstić information content (AvgIpc) is 2.51. The molecule has 0 aliphatic heterocycles. The zero-order chi connectivity index (χ0) is 15.4. The van der Waals surface area contributed by atoms with E-state index in [0.717, 1.165) is 17.1 Å². The third kappa shape index (κ3) is 7.52. The summed E-state index contributed by atoms with van der Waals surface area (Å²) < 4.78 is 4.96. The molecule has 0 amide bonds. The van der Waals surface area contributed by atoms with Crippen LogP contribution in [-0.4, -0.2) is 17.1 Å². The van der Waals surface area contributed by atoms with Crippen LogP contribution in [0.4, 0.5) is 0 Å². The number of rotatable bonds is 2. The standard InChI is InChI=1S/C8H11N.C7H9NO.C2H6/c1-7(2)8-5-3-4-6-9-8;1-6-5-7(9-2)3-4-8-6;1-2/h3-7H,1-2H3;3-5H,1-2H3;1-2H3. The Kier molecular flexibility index (Phi) is 9.93. The van der Waals surface area contributed by atoms with Crippen LogP contribution >= 0.6 is 0 Å². The van der Waals surface area contributed by atoms with Crippen molar-refractivity contribution in [2.24, 2.45) is 0 Å². The van der Waals surface area contributed by atoms with E-state index in [-0.39, 0.29) is 0 Å². The zero-order valence-corrected chi connectivity index (χ0v) is 13.4. The molecule has 0 N–H and O–H groups in total. The Morgan fingerprint density at radius 1 is 1.00 bits per heavy atom. The Morgan fingerprint density at radius 3 is 2.05 bits per heavy atom. The van der Waals surface area contributed by atoms with Crippen LogP contribution in [0.15, 0.2) is 42.7 Å². The summed E-state index contributed by atoms with van der Waals surface area (Å²) in [4.78, 5) is 8.19. The molecule has 3 nitrogen and oxygen atoms in total. The number of hydrogen-bond donors (Lipinski definition) is 0. The first-order valence-electron chi connectivity index (χ1n) is 7.01. The van der Waals surface area contributed by atoms with Crippen molar-refractivity contribution in [3.63, 3.8) is 0 Å². The first-order chi connectivity index (χ1) is 9.63. The van der Waals surface area contributed by atoms with Gasteiger partial charge in [-0.2, -0.15) is 0 Å². The van der Waals surface area contributed by atoms with Gasteiger partial charge in [0.15, 0.2) is 0 Å². The summed E-state index contributed by atoms with van der Waals surface area (Å²) in [5.41, 5.74) is 2.15. The number of methoxy groups -OCH3 is 1. The van der Waals surface area contributed by atoms with Crippen LogP contribution in [0.25, 0.3) is 0 Å². The number of aromatic nitrogens is 2. The maximum atomic E-state index is 4.96. The Morgan fingerprint density at radius 2 is 1.70 bits per heavy atom. The van der Waals surface area contributed by atoms with Gasteiger partial charge >= 0.3 is 0 Å². The number of pyridine rings is 2. The average molecular weight is 274 g/mol. The number of nitrogens with zero attached hydrogens (tertiary/aromatic N) is 2. The molecule has 2 aromatic rings. The topological polar surface area (TPSA) is 35.0 Å². The highest BCUT2D eigenvalue weighted by atomic mass is 16.5. The van der Waals surface area contributed by atoms with Gasteiger partial charge in [0.2, 0.25) is 0 Å². The monoisotopic (exact) mass is 274 g/mol. The van der Waals surface area contributed by atoms with E-state index < -0.39 is 0 Å². The number of hydrogen-bond acceptors (Lipinski definition) is 3. The van der Waals surface area contributed by atoms with Crippen LogP contribution in [0.3, 0.4) is 0 Å². The van der Waals surface area contributed by atoms with E-state index in [9.17, 15) is 0 Å². The highest BCUT2D eigenvalue weighted by Gasteiger charge is 1.95. The van der Waals surface area contributed by atoms with E-state index in [0.29, 0.717) is 5.92 Å². The molecule has 0 bridgehead atoms. The lowest BCUT2D eigenvalue weighted by Crippen LogP contribution is -1.88.